The minimum atomic E-state index is -0.250. The molecule has 0 amide bonds. The third kappa shape index (κ3) is 2.82. The standard InChI is InChI=1S/C12H19NO/c1-3-9-13(10-4-2)11-7-5-6-8-12(11)14/h3-6,11-12,14H,1-2,7-10H2/t11-,12-/m1/s1. The minimum absolute atomic E-state index is 0.219. The van der Waals surface area contributed by atoms with Crippen molar-refractivity contribution in [1.29, 1.82) is 0 Å². The number of nitrogens with zero attached hydrogens (tertiary/aromatic N) is 1. The van der Waals surface area contributed by atoms with Crippen LogP contribution in [0.3, 0.4) is 0 Å². The van der Waals surface area contributed by atoms with Crippen molar-refractivity contribution in [3.63, 3.8) is 0 Å². The summed E-state index contributed by atoms with van der Waals surface area (Å²) in [5.41, 5.74) is 0. The molecular weight excluding hydrogens is 174 g/mol. The SMILES string of the molecule is C=CCN(CC=C)[C@@H]1CC=CC[C@H]1O. The van der Waals surface area contributed by atoms with Crippen LogP contribution in [0.15, 0.2) is 37.5 Å². The molecule has 0 aromatic heterocycles. The van der Waals surface area contributed by atoms with Crippen LogP contribution in [0.25, 0.3) is 0 Å². The Bertz CT molecular complexity index is 212. The number of hydrogen-bond acceptors (Lipinski definition) is 2. The van der Waals surface area contributed by atoms with Crippen LogP contribution in [0.4, 0.5) is 0 Å². The predicted molar refractivity (Wildman–Crippen MR) is 60.1 cm³/mol. The van der Waals surface area contributed by atoms with E-state index in [-0.39, 0.29) is 12.1 Å². The van der Waals surface area contributed by atoms with E-state index in [0.717, 1.165) is 25.9 Å². The Morgan fingerprint density at radius 1 is 1.21 bits per heavy atom. The maximum Gasteiger partial charge on any atom is 0.0732 e. The summed E-state index contributed by atoms with van der Waals surface area (Å²) in [6.07, 6.45) is 9.35. The van der Waals surface area contributed by atoms with Crippen molar-refractivity contribution in [3.05, 3.63) is 37.5 Å². The molecule has 0 saturated heterocycles. The van der Waals surface area contributed by atoms with Crippen LogP contribution in [0.1, 0.15) is 12.8 Å². The summed E-state index contributed by atoms with van der Waals surface area (Å²) < 4.78 is 0. The van der Waals surface area contributed by atoms with Crippen molar-refractivity contribution in [3.8, 4) is 0 Å². The molecule has 0 saturated carbocycles. The molecule has 2 nitrogen and oxygen atoms in total. The molecule has 0 heterocycles. The van der Waals surface area contributed by atoms with Gasteiger partial charge in [-0.25, -0.2) is 0 Å². The molecule has 2 heteroatoms. The molecule has 1 N–H and O–H groups in total. The summed E-state index contributed by atoms with van der Waals surface area (Å²) in [5, 5.41) is 9.83. The molecule has 1 aliphatic carbocycles. The van der Waals surface area contributed by atoms with E-state index in [1.807, 2.05) is 18.2 Å². The lowest BCUT2D eigenvalue weighted by Crippen LogP contribution is -2.44. The van der Waals surface area contributed by atoms with Gasteiger partial charge in [0.15, 0.2) is 0 Å². The van der Waals surface area contributed by atoms with Gasteiger partial charge >= 0.3 is 0 Å². The lowest BCUT2D eigenvalue weighted by molar-refractivity contribution is 0.0601. The van der Waals surface area contributed by atoms with Crippen molar-refractivity contribution >= 4 is 0 Å². The lowest BCUT2D eigenvalue weighted by atomic mass is 9.97. The average molecular weight is 193 g/mol. The minimum Gasteiger partial charge on any atom is -0.391 e. The van der Waals surface area contributed by atoms with E-state index in [1.165, 1.54) is 0 Å². The van der Waals surface area contributed by atoms with Gasteiger partial charge in [-0.15, -0.1) is 13.2 Å². The maximum atomic E-state index is 9.83. The first kappa shape index (κ1) is 11.2. The van der Waals surface area contributed by atoms with Gasteiger partial charge in [0.05, 0.1) is 6.10 Å². The van der Waals surface area contributed by atoms with Crippen molar-refractivity contribution < 1.29 is 5.11 Å². The zero-order valence-corrected chi connectivity index (χ0v) is 8.60. The van der Waals surface area contributed by atoms with Crippen LogP contribution >= 0.6 is 0 Å². The van der Waals surface area contributed by atoms with Crippen molar-refractivity contribution in [1.82, 2.24) is 4.90 Å². The summed E-state index contributed by atoms with van der Waals surface area (Å²) >= 11 is 0. The lowest BCUT2D eigenvalue weighted by Gasteiger charge is -2.34. The van der Waals surface area contributed by atoms with Crippen molar-refractivity contribution in [2.45, 2.75) is 25.0 Å². The number of aliphatic hydroxyl groups excluding tert-OH is 1. The summed E-state index contributed by atoms with van der Waals surface area (Å²) in [6.45, 7) is 9.07. The van der Waals surface area contributed by atoms with Crippen LogP contribution in [0.5, 0.6) is 0 Å². The molecule has 1 rings (SSSR count). The molecule has 14 heavy (non-hydrogen) atoms. The van der Waals surface area contributed by atoms with Crippen molar-refractivity contribution in [2.24, 2.45) is 0 Å². The first-order valence-corrected chi connectivity index (χ1v) is 5.08. The van der Waals surface area contributed by atoms with E-state index >= 15 is 0 Å². The van der Waals surface area contributed by atoms with Gasteiger partial charge in [-0.05, 0) is 12.8 Å². The Morgan fingerprint density at radius 2 is 1.79 bits per heavy atom. The predicted octanol–water partition coefficient (Wildman–Crippen LogP) is 1.74. The Hall–Kier alpha value is -0.860. The number of rotatable bonds is 5. The van der Waals surface area contributed by atoms with Crippen molar-refractivity contribution in [2.75, 3.05) is 13.1 Å². The molecule has 0 unspecified atom stereocenters. The van der Waals surface area contributed by atoms with Gasteiger partial charge in [0.1, 0.15) is 0 Å². The molecule has 0 aromatic rings. The fourth-order valence-corrected chi connectivity index (χ4v) is 1.85. The monoisotopic (exact) mass is 193 g/mol. The van der Waals surface area contributed by atoms with Gasteiger partial charge in [-0.1, -0.05) is 24.3 Å². The van der Waals surface area contributed by atoms with Gasteiger partial charge in [-0.2, -0.15) is 0 Å². The highest BCUT2D eigenvalue weighted by Crippen LogP contribution is 2.18. The molecule has 0 spiro atoms. The van der Waals surface area contributed by atoms with Crippen LogP contribution in [-0.4, -0.2) is 35.2 Å². The topological polar surface area (TPSA) is 23.5 Å². The highest BCUT2D eigenvalue weighted by molar-refractivity contribution is 5.00. The Labute approximate surface area is 86.2 Å². The molecule has 0 bridgehead atoms. The third-order valence-electron chi connectivity index (χ3n) is 2.56. The van der Waals surface area contributed by atoms with E-state index in [9.17, 15) is 5.11 Å². The van der Waals surface area contributed by atoms with E-state index in [1.54, 1.807) is 0 Å². The summed E-state index contributed by atoms with van der Waals surface area (Å²) in [6, 6.07) is 0.219. The molecule has 2 atom stereocenters. The fourth-order valence-electron chi connectivity index (χ4n) is 1.85. The normalized spacial score (nSPS) is 26.4. The fraction of sp³-hybridized carbons (Fsp3) is 0.500. The Balaban J connectivity index is 2.60. The van der Waals surface area contributed by atoms with E-state index in [2.05, 4.69) is 24.1 Å². The summed E-state index contributed by atoms with van der Waals surface area (Å²) in [4.78, 5) is 2.20. The molecule has 0 fully saturated rings. The average Bonchev–Trinajstić information content (AvgIpc) is 2.18. The second kappa shape index (κ2) is 5.78. The molecule has 1 aliphatic rings. The highest BCUT2D eigenvalue weighted by atomic mass is 16.3. The number of hydrogen-bond donors (Lipinski definition) is 1. The highest BCUT2D eigenvalue weighted by Gasteiger charge is 2.24. The van der Waals surface area contributed by atoms with Crippen LogP contribution in [0.2, 0.25) is 0 Å². The molecular formula is C12H19NO. The Morgan fingerprint density at radius 3 is 2.29 bits per heavy atom. The van der Waals surface area contributed by atoms with Gasteiger partial charge in [0, 0.05) is 19.1 Å². The maximum absolute atomic E-state index is 9.83. The Kier molecular flexibility index (Phi) is 4.63. The van der Waals surface area contributed by atoms with Gasteiger partial charge in [-0.3, -0.25) is 4.90 Å². The summed E-state index contributed by atoms with van der Waals surface area (Å²) in [5.74, 6) is 0. The van der Waals surface area contributed by atoms with E-state index in [0.29, 0.717) is 0 Å². The van der Waals surface area contributed by atoms with E-state index < -0.39 is 0 Å². The molecule has 0 aliphatic heterocycles. The van der Waals surface area contributed by atoms with E-state index in [4.69, 9.17) is 0 Å². The second-order valence-corrected chi connectivity index (χ2v) is 3.61. The zero-order chi connectivity index (χ0) is 10.4. The van der Waals surface area contributed by atoms with Gasteiger partial charge in [0.2, 0.25) is 0 Å². The molecule has 0 aromatic carbocycles. The molecule has 0 radical (unpaired) electrons. The third-order valence-corrected chi connectivity index (χ3v) is 2.56. The van der Waals surface area contributed by atoms with Crippen LogP contribution < -0.4 is 0 Å². The quantitative estimate of drug-likeness (QED) is 0.672. The second-order valence-electron chi connectivity index (χ2n) is 3.61. The van der Waals surface area contributed by atoms with Gasteiger partial charge in [0.25, 0.3) is 0 Å². The largest absolute Gasteiger partial charge is 0.391 e. The van der Waals surface area contributed by atoms with Crippen LogP contribution in [0, 0.1) is 0 Å². The first-order chi connectivity index (χ1) is 6.79. The first-order valence-electron chi connectivity index (χ1n) is 5.08. The summed E-state index contributed by atoms with van der Waals surface area (Å²) in [7, 11) is 0. The molecule has 78 valence electrons. The van der Waals surface area contributed by atoms with Crippen LogP contribution in [-0.2, 0) is 0 Å². The zero-order valence-electron chi connectivity index (χ0n) is 8.60. The smallest absolute Gasteiger partial charge is 0.0732 e. The van der Waals surface area contributed by atoms with Gasteiger partial charge < -0.3 is 5.11 Å². The number of aliphatic hydroxyl groups is 1.